The standard InChI is InChI=1S/C23H23FN2O3/c1-13-14(2)19-11-26(21-12-29-6-5-22(21)27)23(28)18(19)9-17(13)8-16-4-3-15(10-25)7-20(16)24/h3-4,7,9,21-22,27H,5-6,8,11-12H2,1-2H3. The molecule has 0 aromatic heterocycles. The van der Waals surface area contributed by atoms with Gasteiger partial charge in [-0.1, -0.05) is 6.07 Å². The van der Waals surface area contributed by atoms with Gasteiger partial charge in [0.05, 0.1) is 30.4 Å². The van der Waals surface area contributed by atoms with Gasteiger partial charge in [-0.05, 0) is 66.3 Å². The van der Waals surface area contributed by atoms with E-state index < -0.39 is 11.9 Å². The number of amides is 1. The molecule has 1 amide bonds. The van der Waals surface area contributed by atoms with Crippen LogP contribution in [0.25, 0.3) is 0 Å². The van der Waals surface area contributed by atoms with Crippen molar-refractivity contribution in [3.05, 3.63) is 69.0 Å². The Hall–Kier alpha value is -2.75. The van der Waals surface area contributed by atoms with Crippen LogP contribution in [0.15, 0.2) is 24.3 Å². The lowest BCUT2D eigenvalue weighted by atomic mass is 9.91. The monoisotopic (exact) mass is 394 g/mol. The highest BCUT2D eigenvalue weighted by Gasteiger charge is 2.39. The van der Waals surface area contributed by atoms with Crippen LogP contribution in [0.2, 0.25) is 0 Å². The first-order valence-electron chi connectivity index (χ1n) is 9.78. The van der Waals surface area contributed by atoms with E-state index in [-0.39, 0.29) is 17.5 Å². The molecule has 2 heterocycles. The number of hydrogen-bond acceptors (Lipinski definition) is 4. The molecular weight excluding hydrogens is 371 g/mol. The molecule has 0 bridgehead atoms. The van der Waals surface area contributed by atoms with Crippen molar-refractivity contribution in [1.29, 1.82) is 5.26 Å². The molecule has 2 atom stereocenters. The normalized spacial score (nSPS) is 21.2. The average Bonchev–Trinajstić information content (AvgIpc) is 3.04. The van der Waals surface area contributed by atoms with Gasteiger partial charge in [-0.2, -0.15) is 5.26 Å². The summed E-state index contributed by atoms with van der Waals surface area (Å²) in [6.07, 6.45) is 0.280. The van der Waals surface area contributed by atoms with Gasteiger partial charge in [0.15, 0.2) is 0 Å². The van der Waals surface area contributed by atoms with E-state index in [0.717, 1.165) is 22.3 Å². The Balaban J connectivity index is 1.67. The summed E-state index contributed by atoms with van der Waals surface area (Å²) in [4.78, 5) is 14.8. The molecule has 2 aliphatic rings. The van der Waals surface area contributed by atoms with E-state index in [4.69, 9.17) is 10.00 Å². The van der Waals surface area contributed by atoms with Gasteiger partial charge in [-0.3, -0.25) is 4.79 Å². The van der Waals surface area contributed by atoms with Crippen LogP contribution in [0.3, 0.4) is 0 Å². The lowest BCUT2D eigenvalue weighted by molar-refractivity contribution is -0.0528. The lowest BCUT2D eigenvalue weighted by Crippen LogP contribution is -2.49. The maximum absolute atomic E-state index is 14.4. The van der Waals surface area contributed by atoms with Crippen molar-refractivity contribution in [3.63, 3.8) is 0 Å². The second-order valence-corrected chi connectivity index (χ2v) is 7.84. The van der Waals surface area contributed by atoms with Crippen LogP contribution in [0.5, 0.6) is 0 Å². The molecule has 2 aromatic rings. The third-order valence-corrected chi connectivity index (χ3v) is 6.21. The summed E-state index contributed by atoms with van der Waals surface area (Å²) in [5.41, 5.74) is 5.30. The Morgan fingerprint density at radius 3 is 2.76 bits per heavy atom. The van der Waals surface area contributed by atoms with Gasteiger partial charge in [0.2, 0.25) is 0 Å². The molecule has 6 heteroatoms. The highest BCUT2D eigenvalue weighted by molar-refractivity contribution is 5.99. The second kappa shape index (κ2) is 7.58. The van der Waals surface area contributed by atoms with Gasteiger partial charge in [-0.25, -0.2) is 4.39 Å². The van der Waals surface area contributed by atoms with Crippen LogP contribution in [0.4, 0.5) is 4.39 Å². The number of aliphatic hydroxyl groups excluding tert-OH is 1. The molecule has 2 unspecified atom stereocenters. The number of carbonyl (C=O) groups is 1. The summed E-state index contributed by atoms with van der Waals surface area (Å²) in [6, 6.07) is 7.91. The van der Waals surface area contributed by atoms with Crippen molar-refractivity contribution in [2.75, 3.05) is 13.2 Å². The Morgan fingerprint density at radius 2 is 2.07 bits per heavy atom. The zero-order valence-electron chi connectivity index (χ0n) is 16.5. The molecule has 4 rings (SSSR count). The molecule has 0 spiro atoms. The molecule has 1 fully saturated rings. The number of hydrogen-bond donors (Lipinski definition) is 1. The lowest BCUT2D eigenvalue weighted by Gasteiger charge is -2.34. The summed E-state index contributed by atoms with van der Waals surface area (Å²) < 4.78 is 19.9. The van der Waals surface area contributed by atoms with Gasteiger partial charge in [0.25, 0.3) is 5.91 Å². The molecule has 150 valence electrons. The number of benzene rings is 2. The predicted molar refractivity (Wildman–Crippen MR) is 105 cm³/mol. The fraction of sp³-hybridized carbons (Fsp3) is 0.391. The zero-order valence-corrected chi connectivity index (χ0v) is 16.5. The molecular formula is C23H23FN2O3. The Kier molecular flexibility index (Phi) is 5.12. The van der Waals surface area contributed by atoms with Gasteiger partial charge in [0.1, 0.15) is 5.82 Å². The fourth-order valence-electron chi connectivity index (χ4n) is 4.26. The number of ether oxygens (including phenoxy) is 1. The molecule has 29 heavy (non-hydrogen) atoms. The molecule has 2 aromatic carbocycles. The van der Waals surface area contributed by atoms with E-state index in [0.29, 0.717) is 43.7 Å². The molecule has 1 N–H and O–H groups in total. The van der Waals surface area contributed by atoms with Crippen molar-refractivity contribution in [2.45, 2.75) is 45.4 Å². The highest BCUT2D eigenvalue weighted by atomic mass is 19.1. The van der Waals surface area contributed by atoms with Crippen LogP contribution in [0.1, 0.15) is 50.2 Å². The van der Waals surface area contributed by atoms with E-state index >= 15 is 0 Å². The van der Waals surface area contributed by atoms with Crippen LogP contribution in [-0.4, -0.2) is 41.3 Å². The maximum atomic E-state index is 14.4. The predicted octanol–water partition coefficient (Wildman–Crippen LogP) is 3.01. The second-order valence-electron chi connectivity index (χ2n) is 7.84. The first-order chi connectivity index (χ1) is 13.9. The molecule has 0 aliphatic carbocycles. The van der Waals surface area contributed by atoms with Crippen molar-refractivity contribution in [3.8, 4) is 6.07 Å². The minimum Gasteiger partial charge on any atom is -0.391 e. The summed E-state index contributed by atoms with van der Waals surface area (Å²) in [5.74, 6) is -0.531. The molecule has 0 radical (unpaired) electrons. The summed E-state index contributed by atoms with van der Waals surface area (Å²) in [6.45, 7) is 5.26. The van der Waals surface area contributed by atoms with Crippen molar-refractivity contribution >= 4 is 5.91 Å². The van der Waals surface area contributed by atoms with E-state index in [2.05, 4.69) is 0 Å². The topological polar surface area (TPSA) is 73.6 Å². The summed E-state index contributed by atoms with van der Waals surface area (Å²) in [5, 5.41) is 19.3. The summed E-state index contributed by atoms with van der Waals surface area (Å²) >= 11 is 0. The number of fused-ring (bicyclic) bond motifs is 1. The van der Waals surface area contributed by atoms with Crippen molar-refractivity contribution < 1.29 is 19.0 Å². The number of halogens is 1. The molecule has 5 nitrogen and oxygen atoms in total. The minimum absolute atomic E-state index is 0.112. The van der Waals surface area contributed by atoms with Crippen LogP contribution >= 0.6 is 0 Å². The van der Waals surface area contributed by atoms with Crippen molar-refractivity contribution in [2.24, 2.45) is 0 Å². The quantitative estimate of drug-likeness (QED) is 0.869. The molecule has 2 aliphatic heterocycles. The number of nitrogens with zero attached hydrogens (tertiary/aromatic N) is 2. The van der Waals surface area contributed by atoms with Crippen molar-refractivity contribution in [1.82, 2.24) is 4.90 Å². The van der Waals surface area contributed by atoms with E-state index in [1.165, 1.54) is 6.07 Å². The SMILES string of the molecule is Cc1c(Cc2ccc(C#N)cc2F)cc2c(c1C)CN(C1COCCC1O)C2=O. The maximum Gasteiger partial charge on any atom is 0.254 e. The van der Waals surface area contributed by atoms with Gasteiger partial charge in [-0.15, -0.1) is 0 Å². The van der Waals surface area contributed by atoms with Crippen LogP contribution < -0.4 is 0 Å². The first-order valence-corrected chi connectivity index (χ1v) is 9.78. The number of aliphatic hydroxyl groups is 1. The van der Waals surface area contributed by atoms with Gasteiger partial charge >= 0.3 is 0 Å². The number of carbonyl (C=O) groups excluding carboxylic acids is 1. The smallest absolute Gasteiger partial charge is 0.254 e. The minimum atomic E-state index is -0.587. The van der Waals surface area contributed by atoms with E-state index in [1.54, 1.807) is 17.0 Å². The zero-order chi connectivity index (χ0) is 20.7. The fourth-order valence-corrected chi connectivity index (χ4v) is 4.26. The Bertz CT molecular complexity index is 1030. The highest BCUT2D eigenvalue weighted by Crippen LogP contribution is 2.34. The molecule has 0 saturated carbocycles. The van der Waals surface area contributed by atoms with Gasteiger partial charge < -0.3 is 14.7 Å². The van der Waals surface area contributed by atoms with Crippen LogP contribution in [-0.2, 0) is 17.7 Å². The largest absolute Gasteiger partial charge is 0.391 e. The number of nitriles is 1. The Labute approximate surface area is 169 Å². The van der Waals surface area contributed by atoms with E-state index in [9.17, 15) is 14.3 Å². The summed E-state index contributed by atoms with van der Waals surface area (Å²) in [7, 11) is 0. The van der Waals surface area contributed by atoms with Gasteiger partial charge in [0, 0.05) is 25.1 Å². The average molecular weight is 394 g/mol. The first kappa shape index (κ1) is 19.6. The number of rotatable bonds is 3. The third-order valence-electron chi connectivity index (χ3n) is 6.21. The van der Waals surface area contributed by atoms with E-state index in [1.807, 2.05) is 26.0 Å². The third kappa shape index (κ3) is 3.41. The van der Waals surface area contributed by atoms with Crippen LogP contribution in [0, 0.1) is 31.0 Å². The Morgan fingerprint density at radius 1 is 1.28 bits per heavy atom. The molecule has 1 saturated heterocycles.